The van der Waals surface area contributed by atoms with Crippen LogP contribution in [0.4, 0.5) is 91.0 Å². The van der Waals surface area contributed by atoms with Gasteiger partial charge in [0.2, 0.25) is 22.7 Å². The topological polar surface area (TPSA) is 19.0 Å². The van der Waals surface area contributed by atoms with E-state index in [0.717, 1.165) is 102 Å². The van der Waals surface area contributed by atoms with Crippen molar-refractivity contribution in [1.29, 1.82) is 0 Å². The van der Waals surface area contributed by atoms with E-state index in [0.29, 0.717) is 0 Å². The molecule has 0 radical (unpaired) electrons. The molecule has 0 saturated carbocycles. The Morgan fingerprint density at radius 2 is 0.291 bits per heavy atom. The van der Waals surface area contributed by atoms with Crippen LogP contribution in [0.2, 0.25) is 0 Å². The molecule has 410 valence electrons. The largest absolute Gasteiger partial charge is 0.310 e. The molecule has 0 amide bonds. The highest BCUT2D eigenvalue weighted by molar-refractivity contribution is 5.91. The Balaban J connectivity index is 0.889. The molecule has 0 aliphatic carbocycles. The Morgan fingerprint density at radius 3 is 0.442 bits per heavy atom. The molecule has 0 N–H and O–H groups in total. The molecule has 0 fully saturated rings. The van der Waals surface area contributed by atoms with Gasteiger partial charge in [0.05, 0.1) is 0 Å². The molecule has 0 atom stereocenters. The summed E-state index contributed by atoms with van der Waals surface area (Å²) >= 11 is 0. The van der Waals surface area contributed by atoms with Crippen LogP contribution in [-0.2, 0) is 0 Å². The first-order chi connectivity index (χ1) is 42.7. The number of rotatable bonds is 18. The molecule has 0 aromatic heterocycles. The van der Waals surface area contributed by atoms with E-state index in [4.69, 9.17) is 0 Å². The second-order valence-electron chi connectivity index (χ2n) is 20.8. The first-order valence-electron chi connectivity index (χ1n) is 29.1. The molecule has 13 rings (SSSR count). The smallest absolute Gasteiger partial charge is 0.211 e. The summed E-state index contributed by atoms with van der Waals surface area (Å²) in [6.45, 7) is 0. The Labute approximate surface area is 504 Å². The minimum Gasteiger partial charge on any atom is -0.310 e. The third-order valence-electron chi connectivity index (χ3n) is 15.2. The van der Waals surface area contributed by atoms with Gasteiger partial charge in [0, 0.05) is 128 Å². The zero-order valence-electron chi connectivity index (χ0n) is 47.5. The summed E-state index contributed by atoms with van der Waals surface area (Å²) in [7, 11) is 0. The fraction of sp³-hybridized carbons (Fsp3) is 0. The average molecular weight is 1110 g/mol. The molecule has 0 spiro atoms. The summed E-state index contributed by atoms with van der Waals surface area (Å²) in [6.07, 6.45) is 4.47. The van der Waals surface area contributed by atoms with Gasteiger partial charge in [-0.3, -0.25) is 0 Å². The van der Waals surface area contributed by atoms with Gasteiger partial charge in [0.1, 0.15) is 0 Å². The maximum absolute atomic E-state index is 2.30. The van der Waals surface area contributed by atoms with E-state index in [9.17, 15) is 0 Å². The van der Waals surface area contributed by atoms with Crippen molar-refractivity contribution < 1.29 is 0 Å². The van der Waals surface area contributed by atoms with Gasteiger partial charge in [0.15, 0.2) is 12.4 Å². The average Bonchev–Trinajstić information content (AvgIpc) is 2.49. The molecule has 6 nitrogen and oxygen atoms in total. The van der Waals surface area contributed by atoms with E-state index < -0.39 is 0 Å². The van der Waals surface area contributed by atoms with Crippen LogP contribution in [0.15, 0.2) is 364 Å². The lowest BCUT2D eigenvalue weighted by Gasteiger charge is -2.25. The minimum absolute atomic E-state index is 1.02. The van der Waals surface area contributed by atoms with Gasteiger partial charge < -0.3 is 19.6 Å². The monoisotopic (exact) mass is 1110 g/mol. The lowest BCUT2D eigenvalue weighted by atomic mass is 10.1. The first-order valence-corrected chi connectivity index (χ1v) is 29.1. The molecule has 86 heavy (non-hydrogen) atoms. The fourth-order valence-electron chi connectivity index (χ4n) is 11.0. The predicted molar refractivity (Wildman–Crippen MR) is 364 cm³/mol. The van der Waals surface area contributed by atoms with Crippen molar-refractivity contribution in [2.24, 2.45) is 0 Å². The summed E-state index contributed by atoms with van der Waals surface area (Å²) in [6, 6.07) is 129. The maximum Gasteiger partial charge on any atom is 0.211 e. The summed E-state index contributed by atoms with van der Waals surface area (Å²) in [5.41, 5.74) is 19.1. The zero-order chi connectivity index (χ0) is 57.7. The SMILES string of the molecule is C(c1ccc(C=[N+](c2ccc(N(c3ccccc3)c3ccccc3)cc2)c2ccc(N(c3ccccc3)c3ccccc3)cc2)cc1)=[N+](c1ccc(N(c2ccccc2)c2ccccc2)cc1)c1ccc(N(c2ccccc2)c2ccccc2)cc1. The van der Waals surface area contributed by atoms with E-state index >= 15 is 0 Å². The highest BCUT2D eigenvalue weighted by atomic mass is 15.2. The first kappa shape index (κ1) is 53.7. The fourth-order valence-corrected chi connectivity index (χ4v) is 11.0. The summed E-state index contributed by atoms with van der Waals surface area (Å²) in [5.74, 6) is 0. The van der Waals surface area contributed by atoms with Gasteiger partial charge in [-0.05, 0) is 170 Å². The van der Waals surface area contributed by atoms with Gasteiger partial charge in [-0.1, -0.05) is 146 Å². The number of benzene rings is 13. The molecule has 0 heterocycles. The van der Waals surface area contributed by atoms with Crippen LogP contribution in [0.1, 0.15) is 11.1 Å². The molecule has 0 aliphatic heterocycles. The van der Waals surface area contributed by atoms with E-state index in [2.05, 4.69) is 405 Å². The zero-order valence-corrected chi connectivity index (χ0v) is 47.5. The maximum atomic E-state index is 2.30. The van der Waals surface area contributed by atoms with Crippen LogP contribution in [-0.4, -0.2) is 12.4 Å². The molecular weight excluding hydrogens is 1040 g/mol. The van der Waals surface area contributed by atoms with Crippen molar-refractivity contribution in [2.45, 2.75) is 0 Å². The standard InChI is InChI=1S/C80H62N6/c1-9-25-69(26-10-1)83(70-27-11-2-12-28-70)77-53-45-65(46-54-77)81(66-47-55-78(56-48-66)84(71-29-13-3-14-30-71)72-31-15-4-16-32-72)61-63-41-43-64(44-42-63)62-82(67-49-57-79(58-50-67)85(73-33-17-5-18-34-73)74-35-19-6-20-36-74)68-51-59-80(60-52-68)86(75-37-21-7-22-38-75)76-39-23-8-24-40-76/h1-62H/q+2. The van der Waals surface area contributed by atoms with Gasteiger partial charge in [-0.15, -0.1) is 0 Å². The lowest BCUT2D eigenvalue weighted by Crippen LogP contribution is -2.12. The van der Waals surface area contributed by atoms with Crippen LogP contribution in [0, 0.1) is 0 Å². The molecule has 13 aromatic rings. The summed E-state index contributed by atoms with van der Waals surface area (Å²) in [5, 5.41) is 0. The van der Waals surface area contributed by atoms with Crippen molar-refractivity contribution in [3.8, 4) is 0 Å². The Hall–Kier alpha value is -11.6. The van der Waals surface area contributed by atoms with Gasteiger partial charge in [-0.2, -0.15) is 9.15 Å². The van der Waals surface area contributed by atoms with Crippen LogP contribution in [0.3, 0.4) is 0 Å². The number of nitrogens with zero attached hydrogens (tertiary/aromatic N) is 6. The molecule has 13 aromatic carbocycles. The number of hydrogen-bond donors (Lipinski definition) is 0. The minimum atomic E-state index is 1.02. The van der Waals surface area contributed by atoms with Gasteiger partial charge in [-0.25, -0.2) is 0 Å². The van der Waals surface area contributed by atoms with Crippen molar-refractivity contribution in [3.63, 3.8) is 0 Å². The molecule has 0 bridgehead atoms. The van der Waals surface area contributed by atoms with Crippen molar-refractivity contribution in [3.05, 3.63) is 375 Å². The number of anilines is 12. The Bertz CT molecular complexity index is 3600. The second kappa shape index (κ2) is 25.7. The van der Waals surface area contributed by atoms with Crippen molar-refractivity contribution in [2.75, 3.05) is 19.6 Å². The van der Waals surface area contributed by atoms with E-state index in [1.807, 2.05) is 0 Å². The summed E-state index contributed by atoms with van der Waals surface area (Å²) in [4.78, 5) is 9.18. The predicted octanol–water partition coefficient (Wildman–Crippen LogP) is 21.5. The van der Waals surface area contributed by atoms with Crippen LogP contribution in [0.5, 0.6) is 0 Å². The highest BCUT2D eigenvalue weighted by Crippen LogP contribution is 2.40. The highest BCUT2D eigenvalue weighted by Gasteiger charge is 2.22. The number of para-hydroxylation sites is 8. The second-order valence-corrected chi connectivity index (χ2v) is 20.8. The third-order valence-corrected chi connectivity index (χ3v) is 15.2. The van der Waals surface area contributed by atoms with Gasteiger partial charge in [0.25, 0.3) is 0 Å². The van der Waals surface area contributed by atoms with Crippen LogP contribution in [0.25, 0.3) is 0 Å². The molecular formula is C80H62N6+2. The Morgan fingerprint density at radius 1 is 0.151 bits per heavy atom. The van der Waals surface area contributed by atoms with Crippen molar-refractivity contribution in [1.82, 2.24) is 9.15 Å². The molecule has 0 aliphatic rings. The quantitative estimate of drug-likeness (QED) is 0.0630. The summed E-state index contributed by atoms with van der Waals surface area (Å²) < 4.78 is 4.57. The van der Waals surface area contributed by atoms with Gasteiger partial charge >= 0.3 is 0 Å². The third kappa shape index (κ3) is 12.1. The number of hydrogen-bond acceptors (Lipinski definition) is 4. The van der Waals surface area contributed by atoms with Crippen LogP contribution >= 0.6 is 0 Å². The van der Waals surface area contributed by atoms with Crippen molar-refractivity contribution >= 4 is 103 Å². The molecule has 0 unspecified atom stereocenters. The molecule has 6 heteroatoms. The van der Waals surface area contributed by atoms with E-state index in [1.54, 1.807) is 0 Å². The van der Waals surface area contributed by atoms with Crippen LogP contribution < -0.4 is 28.8 Å². The van der Waals surface area contributed by atoms with E-state index in [1.165, 1.54) is 0 Å². The Kier molecular flexibility index (Phi) is 16.0. The van der Waals surface area contributed by atoms with E-state index in [-0.39, 0.29) is 0 Å². The normalized spacial score (nSPS) is 10.8. The molecule has 0 saturated heterocycles. The lowest BCUT2D eigenvalue weighted by molar-refractivity contribution is 1.09.